The van der Waals surface area contributed by atoms with Gasteiger partial charge in [-0.15, -0.1) is 0 Å². The summed E-state index contributed by atoms with van der Waals surface area (Å²) in [5.41, 5.74) is 5.10. The van der Waals surface area contributed by atoms with Gasteiger partial charge in [0.2, 0.25) is 0 Å². The molecule has 0 radical (unpaired) electrons. The number of hydrogen-bond acceptors (Lipinski definition) is 2. The molecule has 0 aliphatic carbocycles. The molecule has 1 fully saturated rings. The highest BCUT2D eigenvalue weighted by Crippen LogP contribution is 2.00. The second-order valence-electron chi connectivity index (χ2n) is 2.35. The van der Waals surface area contributed by atoms with Crippen LogP contribution in [0.1, 0.15) is 6.92 Å². The number of nitrogens with two attached hydrogens (primary N) is 1. The molecule has 56 valence electrons. The molecular weight excluding hydrogens is 132 g/mol. The number of carbonyl (C=O) groups is 1. The summed E-state index contributed by atoms with van der Waals surface area (Å²) in [6.45, 7) is 2.36. The summed E-state index contributed by atoms with van der Waals surface area (Å²) in [6.07, 6.45) is 0. The molecule has 5 heteroatoms. The van der Waals surface area contributed by atoms with Gasteiger partial charge in [-0.2, -0.15) is 0 Å². The molecule has 1 saturated heterocycles. The number of guanidine groups is 1. The van der Waals surface area contributed by atoms with E-state index in [4.69, 9.17) is 11.1 Å². The molecule has 4 N–H and O–H groups in total. The number of carbonyl (C=O) groups excluding carboxylic acids is 1. The molecule has 1 rings (SSSR count). The largest absolute Gasteiger partial charge is 0.370 e. The topological polar surface area (TPSA) is 82.2 Å². The number of nitrogens with one attached hydrogen (secondary N) is 2. The smallest absolute Gasteiger partial charge is 0.324 e. The Hall–Kier alpha value is -1.26. The molecule has 1 unspecified atom stereocenters. The Morgan fingerprint density at radius 1 is 2.00 bits per heavy atom. The van der Waals surface area contributed by atoms with E-state index >= 15 is 0 Å². The van der Waals surface area contributed by atoms with E-state index < -0.39 is 0 Å². The monoisotopic (exact) mass is 142 g/mol. The minimum absolute atomic E-state index is 0.0939. The number of nitrogens with zero attached hydrogens (tertiary/aromatic N) is 1. The molecular formula is C5H10N4O. The van der Waals surface area contributed by atoms with E-state index in [1.807, 2.05) is 6.92 Å². The number of rotatable bonds is 0. The van der Waals surface area contributed by atoms with E-state index in [2.05, 4.69) is 5.32 Å². The molecule has 5 nitrogen and oxygen atoms in total. The molecule has 1 heterocycles. The van der Waals surface area contributed by atoms with Gasteiger partial charge in [0.1, 0.15) is 0 Å². The predicted octanol–water partition coefficient (Wildman–Crippen LogP) is -0.706. The van der Waals surface area contributed by atoms with Crippen LogP contribution in [0.4, 0.5) is 4.79 Å². The van der Waals surface area contributed by atoms with Gasteiger partial charge in [0.05, 0.1) is 6.54 Å². The SMILES string of the molecule is CC1CN(C(=N)N)C(=O)N1. The first-order valence-corrected chi connectivity index (χ1v) is 3.03. The summed E-state index contributed by atoms with van der Waals surface area (Å²) >= 11 is 0. The van der Waals surface area contributed by atoms with Crippen molar-refractivity contribution in [2.75, 3.05) is 6.54 Å². The van der Waals surface area contributed by atoms with Crippen LogP contribution in [0.3, 0.4) is 0 Å². The Morgan fingerprint density at radius 3 is 2.80 bits per heavy atom. The molecule has 0 bridgehead atoms. The quantitative estimate of drug-likeness (QED) is 0.308. The molecule has 1 aliphatic rings. The van der Waals surface area contributed by atoms with Gasteiger partial charge in [0.25, 0.3) is 0 Å². The highest BCUT2D eigenvalue weighted by Gasteiger charge is 2.26. The Balaban J connectivity index is 2.63. The summed E-state index contributed by atoms with van der Waals surface area (Å²) < 4.78 is 0. The van der Waals surface area contributed by atoms with Crippen molar-refractivity contribution in [3.63, 3.8) is 0 Å². The van der Waals surface area contributed by atoms with Gasteiger partial charge in [-0.25, -0.2) is 4.79 Å². The zero-order chi connectivity index (χ0) is 7.72. The Morgan fingerprint density at radius 2 is 2.60 bits per heavy atom. The van der Waals surface area contributed by atoms with E-state index in [0.717, 1.165) is 0 Å². The molecule has 0 spiro atoms. The van der Waals surface area contributed by atoms with Crippen molar-refractivity contribution in [2.45, 2.75) is 13.0 Å². The first-order chi connectivity index (χ1) is 4.61. The van der Waals surface area contributed by atoms with Crippen LogP contribution < -0.4 is 11.1 Å². The lowest BCUT2D eigenvalue weighted by Gasteiger charge is -2.09. The first-order valence-electron chi connectivity index (χ1n) is 3.03. The normalized spacial score (nSPS) is 24.7. The lowest BCUT2D eigenvalue weighted by atomic mass is 10.4. The van der Waals surface area contributed by atoms with Crippen molar-refractivity contribution in [2.24, 2.45) is 5.73 Å². The fourth-order valence-electron chi connectivity index (χ4n) is 0.899. The fraction of sp³-hybridized carbons (Fsp3) is 0.600. The van der Waals surface area contributed by atoms with Crippen molar-refractivity contribution in [3.8, 4) is 0 Å². The maximum atomic E-state index is 10.8. The summed E-state index contributed by atoms with van der Waals surface area (Å²) in [5.74, 6) is -0.193. The number of amides is 2. The zero-order valence-corrected chi connectivity index (χ0v) is 5.72. The molecule has 1 aliphatic heterocycles. The van der Waals surface area contributed by atoms with Gasteiger partial charge in [-0.05, 0) is 6.92 Å². The lowest BCUT2D eigenvalue weighted by Crippen LogP contribution is -2.38. The van der Waals surface area contributed by atoms with Crippen molar-refractivity contribution in [1.82, 2.24) is 10.2 Å². The van der Waals surface area contributed by atoms with Crippen LogP contribution in [-0.2, 0) is 0 Å². The molecule has 0 aromatic heterocycles. The van der Waals surface area contributed by atoms with Gasteiger partial charge < -0.3 is 11.1 Å². The minimum Gasteiger partial charge on any atom is -0.370 e. The van der Waals surface area contributed by atoms with Gasteiger partial charge in [0, 0.05) is 6.04 Å². The summed E-state index contributed by atoms with van der Waals surface area (Å²) in [4.78, 5) is 12.0. The van der Waals surface area contributed by atoms with E-state index in [-0.39, 0.29) is 18.0 Å². The van der Waals surface area contributed by atoms with Crippen molar-refractivity contribution in [1.29, 1.82) is 5.41 Å². The first kappa shape index (κ1) is 6.85. The average molecular weight is 142 g/mol. The second-order valence-corrected chi connectivity index (χ2v) is 2.35. The van der Waals surface area contributed by atoms with Crippen LogP contribution in [0.5, 0.6) is 0 Å². The highest BCUT2D eigenvalue weighted by atomic mass is 16.2. The van der Waals surface area contributed by atoms with E-state index in [9.17, 15) is 4.79 Å². The molecule has 0 aromatic carbocycles. The number of urea groups is 1. The third-order valence-corrected chi connectivity index (χ3v) is 1.36. The van der Waals surface area contributed by atoms with E-state index in [1.165, 1.54) is 4.90 Å². The Bertz CT molecular complexity index is 178. The van der Waals surface area contributed by atoms with E-state index in [1.54, 1.807) is 0 Å². The summed E-state index contributed by atoms with van der Waals surface area (Å²) in [6, 6.07) is -0.184. The highest BCUT2D eigenvalue weighted by molar-refractivity contribution is 5.95. The van der Waals surface area contributed by atoms with Crippen LogP contribution in [0.2, 0.25) is 0 Å². The maximum Gasteiger partial charge on any atom is 0.324 e. The van der Waals surface area contributed by atoms with Crippen molar-refractivity contribution < 1.29 is 4.79 Å². The second kappa shape index (κ2) is 2.17. The van der Waals surface area contributed by atoms with Crippen LogP contribution in [0.15, 0.2) is 0 Å². The van der Waals surface area contributed by atoms with Gasteiger partial charge in [-0.3, -0.25) is 10.3 Å². The fourth-order valence-corrected chi connectivity index (χ4v) is 0.899. The third-order valence-electron chi connectivity index (χ3n) is 1.36. The standard InChI is InChI=1S/C5H10N4O/c1-3-2-9(4(6)7)5(10)8-3/h3H,2H2,1H3,(H3,6,7)(H,8,10). The van der Waals surface area contributed by atoms with Crippen molar-refractivity contribution >= 4 is 12.0 Å². The average Bonchev–Trinajstić information content (AvgIpc) is 2.10. The van der Waals surface area contributed by atoms with Gasteiger partial charge in [0.15, 0.2) is 5.96 Å². The van der Waals surface area contributed by atoms with Crippen LogP contribution in [-0.4, -0.2) is 29.5 Å². The molecule has 0 aromatic rings. The predicted molar refractivity (Wildman–Crippen MR) is 36.6 cm³/mol. The van der Waals surface area contributed by atoms with Crippen LogP contribution in [0.25, 0.3) is 0 Å². The van der Waals surface area contributed by atoms with Crippen LogP contribution >= 0.6 is 0 Å². The maximum absolute atomic E-state index is 10.8. The molecule has 1 atom stereocenters. The summed E-state index contributed by atoms with van der Waals surface area (Å²) in [5, 5.41) is 9.57. The summed E-state index contributed by atoms with van der Waals surface area (Å²) in [7, 11) is 0. The minimum atomic E-state index is -0.278. The Kier molecular flexibility index (Phi) is 1.48. The van der Waals surface area contributed by atoms with Gasteiger partial charge >= 0.3 is 6.03 Å². The molecule has 0 saturated carbocycles. The third kappa shape index (κ3) is 1.02. The Labute approximate surface area is 58.7 Å². The number of hydrogen-bond donors (Lipinski definition) is 3. The molecule has 2 amide bonds. The van der Waals surface area contributed by atoms with Gasteiger partial charge in [-0.1, -0.05) is 0 Å². The lowest BCUT2D eigenvalue weighted by molar-refractivity contribution is 0.233. The molecule has 10 heavy (non-hydrogen) atoms. The zero-order valence-electron chi connectivity index (χ0n) is 5.72. The van der Waals surface area contributed by atoms with E-state index in [0.29, 0.717) is 6.54 Å². The van der Waals surface area contributed by atoms with Crippen LogP contribution in [0, 0.1) is 5.41 Å². The van der Waals surface area contributed by atoms with Crippen molar-refractivity contribution in [3.05, 3.63) is 0 Å².